The molecule has 0 aromatic heterocycles. The lowest BCUT2D eigenvalue weighted by Crippen LogP contribution is -2.42. The van der Waals surface area contributed by atoms with Gasteiger partial charge in [0.1, 0.15) is 12.4 Å². The van der Waals surface area contributed by atoms with Crippen LogP contribution < -0.4 is 15.8 Å². The molecule has 0 spiro atoms. The van der Waals surface area contributed by atoms with Gasteiger partial charge in [-0.2, -0.15) is 0 Å². The molecule has 2 rings (SSSR count). The standard InChI is InChI=1S/C17H27N3O2.2ClH/c1-3-20(4-2)11-12-22-15-7-5-14(6-8-15)13-19-16(21)17(18)9-10-17;;/h5-8H,3-4,9-13,18H2,1-2H3,(H,19,21);2*1H. The van der Waals surface area contributed by atoms with Crippen LogP contribution in [0.2, 0.25) is 0 Å². The summed E-state index contributed by atoms with van der Waals surface area (Å²) in [6.07, 6.45) is 1.58. The minimum atomic E-state index is -0.604. The molecule has 1 saturated carbocycles. The lowest BCUT2D eigenvalue weighted by molar-refractivity contribution is -0.123. The number of nitrogens with zero attached hydrogens (tertiary/aromatic N) is 1. The van der Waals surface area contributed by atoms with Crippen molar-refractivity contribution in [3.63, 3.8) is 0 Å². The van der Waals surface area contributed by atoms with Crippen LogP contribution >= 0.6 is 24.8 Å². The van der Waals surface area contributed by atoms with Crippen LogP contribution in [-0.2, 0) is 11.3 Å². The molecule has 1 amide bonds. The molecule has 7 heteroatoms. The number of nitrogens with two attached hydrogens (primary N) is 1. The number of halogens is 2. The molecule has 0 atom stereocenters. The predicted octanol–water partition coefficient (Wildman–Crippen LogP) is 2.36. The van der Waals surface area contributed by atoms with Crippen LogP contribution in [-0.4, -0.2) is 42.6 Å². The molecule has 0 unspecified atom stereocenters. The van der Waals surface area contributed by atoms with Crippen molar-refractivity contribution in [2.24, 2.45) is 5.73 Å². The Bertz CT molecular complexity index is 489. The van der Waals surface area contributed by atoms with Crippen LogP contribution in [0.5, 0.6) is 5.75 Å². The van der Waals surface area contributed by atoms with Gasteiger partial charge in [-0.1, -0.05) is 26.0 Å². The van der Waals surface area contributed by atoms with Crippen molar-refractivity contribution in [3.05, 3.63) is 29.8 Å². The van der Waals surface area contributed by atoms with E-state index < -0.39 is 5.54 Å². The van der Waals surface area contributed by atoms with Crippen molar-refractivity contribution in [2.75, 3.05) is 26.2 Å². The largest absolute Gasteiger partial charge is 0.492 e. The Balaban J connectivity index is 0.00000264. The van der Waals surface area contributed by atoms with E-state index in [-0.39, 0.29) is 30.7 Å². The van der Waals surface area contributed by atoms with E-state index >= 15 is 0 Å². The maximum absolute atomic E-state index is 11.8. The minimum Gasteiger partial charge on any atom is -0.492 e. The van der Waals surface area contributed by atoms with Crippen LogP contribution in [0, 0.1) is 0 Å². The van der Waals surface area contributed by atoms with E-state index in [9.17, 15) is 4.79 Å². The van der Waals surface area contributed by atoms with Crippen LogP contribution in [0.1, 0.15) is 32.3 Å². The second-order valence-electron chi connectivity index (χ2n) is 5.86. The van der Waals surface area contributed by atoms with Crippen molar-refractivity contribution in [1.29, 1.82) is 0 Å². The third-order valence-electron chi connectivity index (χ3n) is 4.19. The topological polar surface area (TPSA) is 67.6 Å². The molecule has 1 aliphatic rings. The van der Waals surface area contributed by atoms with Gasteiger partial charge in [0.05, 0.1) is 5.54 Å². The number of benzene rings is 1. The monoisotopic (exact) mass is 377 g/mol. The van der Waals surface area contributed by atoms with Gasteiger partial charge in [-0.3, -0.25) is 4.79 Å². The average molecular weight is 378 g/mol. The van der Waals surface area contributed by atoms with Gasteiger partial charge in [-0.15, -0.1) is 24.8 Å². The Kier molecular flexibility index (Phi) is 10.3. The molecule has 0 saturated heterocycles. The molecular formula is C17H29Cl2N3O2. The Morgan fingerprint density at radius 1 is 1.21 bits per heavy atom. The van der Waals surface area contributed by atoms with E-state index in [1.54, 1.807) is 0 Å². The zero-order chi connectivity index (χ0) is 16.0. The normalized spacial score (nSPS) is 14.3. The van der Waals surface area contributed by atoms with E-state index in [1.165, 1.54) is 0 Å². The highest BCUT2D eigenvalue weighted by Crippen LogP contribution is 2.32. The number of hydrogen-bond acceptors (Lipinski definition) is 4. The number of nitrogens with one attached hydrogen (secondary N) is 1. The summed E-state index contributed by atoms with van der Waals surface area (Å²) in [6.45, 7) is 8.52. The zero-order valence-electron chi connectivity index (χ0n) is 14.4. The highest BCUT2D eigenvalue weighted by molar-refractivity contribution is 5.88. The lowest BCUT2D eigenvalue weighted by Gasteiger charge is -2.18. The number of hydrogen-bond donors (Lipinski definition) is 2. The summed E-state index contributed by atoms with van der Waals surface area (Å²) in [6, 6.07) is 7.84. The Hall–Kier alpha value is -1.01. The van der Waals surface area contributed by atoms with Crippen LogP contribution in [0.25, 0.3) is 0 Å². The fourth-order valence-electron chi connectivity index (χ4n) is 2.26. The maximum Gasteiger partial charge on any atom is 0.240 e. The van der Waals surface area contributed by atoms with E-state index in [4.69, 9.17) is 10.5 Å². The quantitative estimate of drug-likeness (QED) is 0.692. The predicted molar refractivity (Wildman–Crippen MR) is 102 cm³/mol. The van der Waals surface area contributed by atoms with Gasteiger partial charge in [-0.05, 0) is 43.6 Å². The summed E-state index contributed by atoms with van der Waals surface area (Å²) in [5.74, 6) is 0.812. The lowest BCUT2D eigenvalue weighted by atomic mass is 10.2. The highest BCUT2D eigenvalue weighted by Gasteiger charge is 2.45. The maximum atomic E-state index is 11.8. The van der Waals surface area contributed by atoms with Crippen molar-refractivity contribution < 1.29 is 9.53 Å². The molecule has 1 fully saturated rings. The molecule has 24 heavy (non-hydrogen) atoms. The second kappa shape index (κ2) is 10.8. The first-order valence-corrected chi connectivity index (χ1v) is 8.08. The summed E-state index contributed by atoms with van der Waals surface area (Å²) in [5, 5.41) is 2.88. The molecule has 1 aliphatic carbocycles. The molecule has 3 N–H and O–H groups in total. The molecule has 0 heterocycles. The first-order chi connectivity index (χ1) is 10.6. The highest BCUT2D eigenvalue weighted by atomic mass is 35.5. The minimum absolute atomic E-state index is 0. The smallest absolute Gasteiger partial charge is 0.240 e. The number of carbonyl (C=O) groups is 1. The van der Waals surface area contributed by atoms with Crippen molar-refractivity contribution in [3.8, 4) is 5.75 Å². The first kappa shape index (κ1) is 23.0. The van der Waals surface area contributed by atoms with E-state index in [1.807, 2.05) is 24.3 Å². The molecular weight excluding hydrogens is 349 g/mol. The number of carbonyl (C=O) groups excluding carboxylic acids is 1. The summed E-state index contributed by atoms with van der Waals surface area (Å²) in [4.78, 5) is 14.1. The number of amides is 1. The molecule has 0 aliphatic heterocycles. The van der Waals surface area contributed by atoms with Crippen molar-refractivity contribution >= 4 is 30.7 Å². The molecule has 5 nitrogen and oxygen atoms in total. The van der Waals surface area contributed by atoms with E-state index in [2.05, 4.69) is 24.1 Å². The molecule has 0 radical (unpaired) electrons. The third kappa shape index (κ3) is 6.85. The number of likely N-dealkylation sites (N-methyl/N-ethyl adjacent to an activating group) is 1. The van der Waals surface area contributed by atoms with Crippen LogP contribution in [0.3, 0.4) is 0 Å². The Labute approximate surface area is 157 Å². The third-order valence-corrected chi connectivity index (χ3v) is 4.19. The number of ether oxygens (including phenoxy) is 1. The van der Waals surface area contributed by atoms with Gasteiger partial charge in [-0.25, -0.2) is 0 Å². The molecule has 0 bridgehead atoms. The summed E-state index contributed by atoms with van der Waals surface area (Å²) in [5.41, 5.74) is 6.29. The second-order valence-corrected chi connectivity index (χ2v) is 5.86. The Morgan fingerprint density at radius 3 is 2.29 bits per heavy atom. The summed E-state index contributed by atoms with van der Waals surface area (Å²) < 4.78 is 5.74. The van der Waals surface area contributed by atoms with Gasteiger partial charge >= 0.3 is 0 Å². The summed E-state index contributed by atoms with van der Waals surface area (Å²) in [7, 11) is 0. The average Bonchev–Trinajstić information content (AvgIpc) is 3.29. The van der Waals surface area contributed by atoms with Gasteiger partial charge < -0.3 is 20.7 Å². The Morgan fingerprint density at radius 2 is 1.79 bits per heavy atom. The fourth-order valence-corrected chi connectivity index (χ4v) is 2.26. The van der Waals surface area contributed by atoms with E-state index in [0.717, 1.165) is 43.8 Å². The molecule has 138 valence electrons. The van der Waals surface area contributed by atoms with Gasteiger partial charge in [0.25, 0.3) is 0 Å². The number of rotatable bonds is 9. The van der Waals surface area contributed by atoms with Crippen molar-refractivity contribution in [1.82, 2.24) is 10.2 Å². The van der Waals surface area contributed by atoms with Crippen LogP contribution in [0.4, 0.5) is 0 Å². The van der Waals surface area contributed by atoms with Crippen molar-refractivity contribution in [2.45, 2.75) is 38.8 Å². The van der Waals surface area contributed by atoms with Gasteiger partial charge in [0, 0.05) is 13.1 Å². The fraction of sp³-hybridized carbons (Fsp3) is 0.588. The first-order valence-electron chi connectivity index (χ1n) is 8.08. The molecule has 1 aromatic carbocycles. The zero-order valence-corrected chi connectivity index (χ0v) is 16.0. The van der Waals surface area contributed by atoms with E-state index in [0.29, 0.717) is 13.2 Å². The van der Waals surface area contributed by atoms with Crippen LogP contribution in [0.15, 0.2) is 24.3 Å². The molecule has 1 aromatic rings. The van der Waals surface area contributed by atoms with Gasteiger partial charge in [0.15, 0.2) is 0 Å². The van der Waals surface area contributed by atoms with Gasteiger partial charge in [0.2, 0.25) is 5.91 Å². The summed E-state index contributed by atoms with van der Waals surface area (Å²) >= 11 is 0. The SMILES string of the molecule is CCN(CC)CCOc1ccc(CNC(=O)C2(N)CC2)cc1.Cl.Cl.